The summed E-state index contributed by atoms with van der Waals surface area (Å²) in [5.74, 6) is 1.40. The summed E-state index contributed by atoms with van der Waals surface area (Å²) < 4.78 is 12.4. The average molecular weight is 359 g/mol. The third-order valence-electron chi connectivity index (χ3n) is 3.69. The Kier molecular flexibility index (Phi) is 5.14. The fourth-order valence-electron chi connectivity index (χ4n) is 2.54. The molecule has 0 radical (unpaired) electrons. The number of ether oxygens (including phenoxy) is 2. The summed E-state index contributed by atoms with van der Waals surface area (Å²) >= 11 is 6.23. The molecule has 0 bridgehead atoms. The highest BCUT2D eigenvalue weighted by Crippen LogP contribution is 2.29. The molecule has 0 aliphatic heterocycles. The van der Waals surface area contributed by atoms with E-state index in [-0.39, 0.29) is 5.69 Å². The summed E-state index contributed by atoms with van der Waals surface area (Å²) in [6, 6.07) is 12.8. The standard InChI is InChI=1S/C19H19ClN2O3/c1-3-24-15-8-6-14(7-9-15)22-12-17(21-19(22)23)13-5-10-18(25-4-2)16(20)11-13/h5-12H,3-4H2,1-2H3,(H,21,23). The van der Waals surface area contributed by atoms with Crippen molar-refractivity contribution in [1.82, 2.24) is 9.55 Å². The number of aromatic nitrogens is 2. The van der Waals surface area contributed by atoms with Crippen molar-refractivity contribution in [2.75, 3.05) is 13.2 Å². The van der Waals surface area contributed by atoms with Crippen molar-refractivity contribution in [2.24, 2.45) is 0 Å². The lowest BCUT2D eigenvalue weighted by atomic mass is 10.1. The van der Waals surface area contributed by atoms with E-state index in [2.05, 4.69) is 4.98 Å². The molecule has 1 heterocycles. The van der Waals surface area contributed by atoms with Crippen LogP contribution in [0.5, 0.6) is 11.5 Å². The number of aromatic amines is 1. The first-order valence-electron chi connectivity index (χ1n) is 8.10. The molecular formula is C19H19ClN2O3. The molecule has 25 heavy (non-hydrogen) atoms. The molecular weight excluding hydrogens is 340 g/mol. The Morgan fingerprint density at radius 1 is 1.04 bits per heavy atom. The quantitative estimate of drug-likeness (QED) is 0.715. The summed E-state index contributed by atoms with van der Waals surface area (Å²) in [5.41, 5.74) is 2.04. The minimum absolute atomic E-state index is 0.218. The summed E-state index contributed by atoms with van der Waals surface area (Å²) in [6.07, 6.45) is 1.75. The number of halogens is 1. The van der Waals surface area contributed by atoms with Crippen LogP contribution in [-0.2, 0) is 0 Å². The highest BCUT2D eigenvalue weighted by atomic mass is 35.5. The van der Waals surface area contributed by atoms with Gasteiger partial charge in [-0.3, -0.25) is 4.57 Å². The van der Waals surface area contributed by atoms with E-state index in [1.807, 2.05) is 44.2 Å². The predicted molar refractivity (Wildman–Crippen MR) is 99.2 cm³/mol. The fraction of sp³-hybridized carbons (Fsp3) is 0.211. The van der Waals surface area contributed by atoms with Crippen molar-refractivity contribution in [2.45, 2.75) is 13.8 Å². The van der Waals surface area contributed by atoms with Crippen LogP contribution in [0.3, 0.4) is 0 Å². The maximum atomic E-state index is 12.3. The van der Waals surface area contributed by atoms with Crippen molar-refractivity contribution >= 4 is 11.6 Å². The van der Waals surface area contributed by atoms with E-state index in [4.69, 9.17) is 21.1 Å². The lowest BCUT2D eigenvalue weighted by molar-refractivity contribution is 0.340. The second-order valence-electron chi connectivity index (χ2n) is 5.35. The third kappa shape index (κ3) is 3.72. The van der Waals surface area contributed by atoms with Gasteiger partial charge in [0.25, 0.3) is 0 Å². The zero-order valence-corrected chi connectivity index (χ0v) is 14.8. The Bertz CT molecular complexity index is 913. The molecule has 0 aliphatic rings. The van der Waals surface area contributed by atoms with Crippen LogP contribution in [0.15, 0.2) is 53.5 Å². The topological polar surface area (TPSA) is 56.2 Å². The third-order valence-corrected chi connectivity index (χ3v) is 3.98. The van der Waals surface area contributed by atoms with Crippen LogP contribution in [0.4, 0.5) is 0 Å². The van der Waals surface area contributed by atoms with Gasteiger partial charge < -0.3 is 14.5 Å². The minimum Gasteiger partial charge on any atom is -0.494 e. The Labute approximate surface area is 150 Å². The number of nitrogens with one attached hydrogen (secondary N) is 1. The number of hydrogen-bond donors (Lipinski definition) is 1. The first kappa shape index (κ1) is 17.2. The largest absolute Gasteiger partial charge is 0.494 e. The van der Waals surface area contributed by atoms with Crippen LogP contribution in [0.25, 0.3) is 16.9 Å². The number of hydrogen-bond acceptors (Lipinski definition) is 3. The number of rotatable bonds is 6. The van der Waals surface area contributed by atoms with Crippen molar-refractivity contribution in [1.29, 1.82) is 0 Å². The smallest absolute Gasteiger partial charge is 0.330 e. The second kappa shape index (κ2) is 7.49. The fourth-order valence-corrected chi connectivity index (χ4v) is 2.78. The Balaban J connectivity index is 1.92. The van der Waals surface area contributed by atoms with Gasteiger partial charge in [0.1, 0.15) is 11.5 Å². The monoisotopic (exact) mass is 358 g/mol. The maximum absolute atomic E-state index is 12.3. The number of nitrogens with zero attached hydrogens (tertiary/aromatic N) is 1. The molecule has 5 nitrogen and oxygen atoms in total. The zero-order valence-electron chi connectivity index (χ0n) is 14.1. The molecule has 0 saturated heterocycles. The van der Waals surface area contributed by atoms with Crippen molar-refractivity contribution in [3.8, 4) is 28.4 Å². The first-order chi connectivity index (χ1) is 12.1. The molecule has 6 heteroatoms. The van der Waals surface area contributed by atoms with E-state index in [0.29, 0.717) is 29.7 Å². The van der Waals surface area contributed by atoms with Gasteiger partial charge in [-0.05, 0) is 56.3 Å². The summed E-state index contributed by atoms with van der Waals surface area (Å²) in [4.78, 5) is 15.2. The Morgan fingerprint density at radius 3 is 2.40 bits per heavy atom. The molecule has 0 spiro atoms. The highest BCUT2D eigenvalue weighted by molar-refractivity contribution is 6.32. The van der Waals surface area contributed by atoms with E-state index in [1.54, 1.807) is 22.9 Å². The van der Waals surface area contributed by atoms with E-state index in [9.17, 15) is 4.79 Å². The van der Waals surface area contributed by atoms with Crippen molar-refractivity contribution in [3.63, 3.8) is 0 Å². The molecule has 1 N–H and O–H groups in total. The minimum atomic E-state index is -0.218. The number of imidazole rings is 1. The van der Waals surface area contributed by atoms with Gasteiger partial charge >= 0.3 is 5.69 Å². The van der Waals surface area contributed by atoms with Crippen LogP contribution in [0.2, 0.25) is 5.02 Å². The van der Waals surface area contributed by atoms with Gasteiger partial charge in [0.05, 0.1) is 29.6 Å². The summed E-state index contributed by atoms with van der Waals surface area (Å²) in [7, 11) is 0. The van der Waals surface area contributed by atoms with E-state index >= 15 is 0 Å². The molecule has 0 aliphatic carbocycles. The van der Waals surface area contributed by atoms with Crippen LogP contribution >= 0.6 is 11.6 Å². The second-order valence-corrected chi connectivity index (χ2v) is 5.76. The molecule has 1 aromatic heterocycles. The lowest BCUT2D eigenvalue weighted by Crippen LogP contribution is -2.13. The number of H-pyrrole nitrogens is 1. The molecule has 0 fully saturated rings. The molecule has 130 valence electrons. The SMILES string of the molecule is CCOc1ccc(-n2cc(-c3ccc(OCC)c(Cl)c3)[nH]c2=O)cc1. The van der Waals surface area contributed by atoms with Crippen LogP contribution in [-0.4, -0.2) is 22.8 Å². The first-order valence-corrected chi connectivity index (χ1v) is 8.47. The van der Waals surface area contributed by atoms with Crippen LogP contribution < -0.4 is 15.2 Å². The molecule has 2 aromatic carbocycles. The maximum Gasteiger partial charge on any atom is 0.330 e. The zero-order chi connectivity index (χ0) is 17.8. The molecule has 0 amide bonds. The highest BCUT2D eigenvalue weighted by Gasteiger charge is 2.10. The Hall–Kier alpha value is -2.66. The van der Waals surface area contributed by atoms with Crippen LogP contribution in [0, 0.1) is 0 Å². The normalized spacial score (nSPS) is 10.7. The summed E-state index contributed by atoms with van der Waals surface area (Å²) in [5, 5.41) is 0.508. The van der Waals surface area contributed by atoms with Crippen molar-refractivity contribution < 1.29 is 9.47 Å². The van der Waals surface area contributed by atoms with Gasteiger partial charge in [-0.2, -0.15) is 0 Å². The van der Waals surface area contributed by atoms with Crippen LogP contribution in [0.1, 0.15) is 13.8 Å². The average Bonchev–Trinajstić information content (AvgIpc) is 3.00. The van der Waals surface area contributed by atoms with Gasteiger partial charge in [-0.15, -0.1) is 0 Å². The lowest BCUT2D eigenvalue weighted by Gasteiger charge is -2.07. The van der Waals surface area contributed by atoms with Gasteiger partial charge in [-0.1, -0.05) is 11.6 Å². The number of benzene rings is 2. The molecule has 3 aromatic rings. The Morgan fingerprint density at radius 2 is 1.76 bits per heavy atom. The predicted octanol–water partition coefficient (Wildman–Crippen LogP) is 4.28. The van der Waals surface area contributed by atoms with E-state index in [1.165, 1.54) is 0 Å². The molecule has 0 unspecified atom stereocenters. The molecule has 0 saturated carbocycles. The molecule has 0 atom stereocenters. The van der Waals surface area contributed by atoms with Gasteiger partial charge in [0.15, 0.2) is 0 Å². The summed E-state index contributed by atoms with van der Waals surface area (Å²) in [6.45, 7) is 4.98. The molecule has 3 rings (SSSR count). The van der Waals surface area contributed by atoms with Gasteiger partial charge in [0.2, 0.25) is 0 Å². The van der Waals surface area contributed by atoms with E-state index in [0.717, 1.165) is 17.0 Å². The van der Waals surface area contributed by atoms with E-state index < -0.39 is 0 Å². The van der Waals surface area contributed by atoms with Gasteiger partial charge in [0, 0.05) is 11.8 Å². The van der Waals surface area contributed by atoms with Crippen molar-refractivity contribution in [3.05, 3.63) is 64.2 Å². The van der Waals surface area contributed by atoms with Gasteiger partial charge in [-0.25, -0.2) is 4.79 Å².